The van der Waals surface area contributed by atoms with Gasteiger partial charge in [0.25, 0.3) is 5.91 Å². The van der Waals surface area contributed by atoms with Crippen LogP contribution in [0.5, 0.6) is 0 Å². The first-order valence-corrected chi connectivity index (χ1v) is 10.8. The number of methoxy groups -OCH3 is 1. The topological polar surface area (TPSA) is 58.6 Å². The smallest absolute Gasteiger partial charge is 0.254 e. The molecule has 0 unspecified atom stereocenters. The molecule has 30 heavy (non-hydrogen) atoms. The Hall–Kier alpha value is -2.66. The molecule has 1 aliphatic carbocycles. The van der Waals surface area contributed by atoms with E-state index in [4.69, 9.17) is 4.74 Å². The van der Waals surface area contributed by atoms with Gasteiger partial charge in [-0.25, -0.2) is 0 Å². The molecule has 2 amide bonds. The van der Waals surface area contributed by atoms with Crippen molar-refractivity contribution >= 4 is 11.8 Å². The summed E-state index contributed by atoms with van der Waals surface area (Å²) in [5.74, 6) is -0.364. The molecule has 1 aliphatic heterocycles. The van der Waals surface area contributed by atoms with Crippen LogP contribution in [0.2, 0.25) is 0 Å². The van der Waals surface area contributed by atoms with Crippen LogP contribution in [0, 0.1) is 0 Å². The van der Waals surface area contributed by atoms with E-state index >= 15 is 0 Å². The summed E-state index contributed by atoms with van der Waals surface area (Å²) in [7, 11) is 1.65. The number of fused-ring (bicyclic) bond motifs is 1. The van der Waals surface area contributed by atoms with E-state index in [-0.39, 0.29) is 23.8 Å². The zero-order chi connectivity index (χ0) is 21.1. The van der Waals surface area contributed by atoms with Crippen LogP contribution in [0.1, 0.15) is 66.1 Å². The summed E-state index contributed by atoms with van der Waals surface area (Å²) in [6.07, 6.45) is 3.73. The molecular weight excluding hydrogens is 376 g/mol. The summed E-state index contributed by atoms with van der Waals surface area (Å²) in [5, 5.41) is 3.24. The van der Waals surface area contributed by atoms with Crippen molar-refractivity contribution in [2.45, 2.75) is 50.1 Å². The molecule has 0 radical (unpaired) electrons. The maximum Gasteiger partial charge on any atom is 0.254 e. The molecule has 1 N–H and O–H groups in total. The zero-order valence-corrected chi connectivity index (χ0v) is 17.8. The van der Waals surface area contributed by atoms with E-state index in [0.717, 1.165) is 36.8 Å². The number of nitrogens with one attached hydrogen (secondary N) is 1. The summed E-state index contributed by atoms with van der Waals surface area (Å²) < 4.78 is 5.31. The number of hydrogen-bond acceptors (Lipinski definition) is 3. The van der Waals surface area contributed by atoms with Crippen LogP contribution in [0.15, 0.2) is 54.6 Å². The molecule has 1 spiro atoms. The van der Waals surface area contributed by atoms with E-state index in [1.165, 1.54) is 0 Å². The first-order valence-electron chi connectivity index (χ1n) is 10.8. The average Bonchev–Trinajstić information content (AvgIpc) is 3.24. The van der Waals surface area contributed by atoms with Gasteiger partial charge < -0.3 is 15.0 Å². The number of benzene rings is 2. The lowest BCUT2D eigenvalue weighted by Crippen LogP contribution is -2.61. The minimum atomic E-state index is -0.482. The maximum atomic E-state index is 13.8. The average molecular weight is 407 g/mol. The van der Waals surface area contributed by atoms with Crippen molar-refractivity contribution in [1.82, 2.24) is 10.2 Å². The summed E-state index contributed by atoms with van der Waals surface area (Å²) >= 11 is 0. The number of carbonyl (C=O) groups is 2. The molecule has 158 valence electrons. The van der Waals surface area contributed by atoms with E-state index < -0.39 is 5.54 Å². The third-order valence-corrected chi connectivity index (χ3v) is 6.73. The first kappa shape index (κ1) is 20.6. The van der Waals surface area contributed by atoms with Gasteiger partial charge in [-0.3, -0.25) is 9.59 Å². The number of amides is 2. The Balaban J connectivity index is 1.73. The quantitative estimate of drug-likeness (QED) is 0.787. The Morgan fingerprint density at radius 1 is 1.13 bits per heavy atom. The molecular formula is C25H30N2O3. The second kappa shape index (κ2) is 8.60. The van der Waals surface area contributed by atoms with Crippen LogP contribution in [0.25, 0.3) is 0 Å². The zero-order valence-electron chi connectivity index (χ0n) is 17.8. The van der Waals surface area contributed by atoms with Crippen LogP contribution in [0.3, 0.4) is 0 Å². The minimum absolute atomic E-state index is 0.00406. The monoisotopic (exact) mass is 406 g/mol. The van der Waals surface area contributed by atoms with E-state index in [2.05, 4.69) is 5.32 Å². The Bertz CT molecular complexity index is 906. The van der Waals surface area contributed by atoms with Gasteiger partial charge in [-0.15, -0.1) is 0 Å². The molecule has 1 fully saturated rings. The number of rotatable bonds is 6. The Labute approximate surface area is 178 Å². The summed E-state index contributed by atoms with van der Waals surface area (Å²) in [4.78, 5) is 29.1. The fraction of sp³-hybridized carbons (Fsp3) is 0.440. The highest BCUT2D eigenvalue weighted by Crippen LogP contribution is 2.50. The normalized spacial score (nSPS) is 20.8. The molecule has 2 aromatic carbocycles. The van der Waals surface area contributed by atoms with Gasteiger partial charge in [0.15, 0.2) is 0 Å². The van der Waals surface area contributed by atoms with Crippen molar-refractivity contribution in [3.8, 4) is 0 Å². The number of hydrogen-bond donors (Lipinski definition) is 1. The third kappa shape index (κ3) is 3.52. The number of nitrogens with zero attached hydrogens (tertiary/aromatic N) is 1. The minimum Gasteiger partial charge on any atom is -0.383 e. The number of carbonyl (C=O) groups excluding carboxylic acids is 2. The van der Waals surface area contributed by atoms with E-state index in [9.17, 15) is 9.59 Å². The summed E-state index contributed by atoms with van der Waals surface area (Å²) in [6, 6.07) is 17.5. The SMILES string of the molecule is COCCN1C(=O)c2ccccc2[C@H](C(=O)N[C@@H](C)c2ccccc2)C12CCCC2. The van der Waals surface area contributed by atoms with Crippen molar-refractivity contribution in [3.05, 3.63) is 71.3 Å². The fourth-order valence-corrected chi connectivity index (χ4v) is 5.30. The molecule has 2 aromatic rings. The van der Waals surface area contributed by atoms with Crippen molar-refractivity contribution in [2.75, 3.05) is 20.3 Å². The second-order valence-corrected chi connectivity index (χ2v) is 8.42. The lowest BCUT2D eigenvalue weighted by molar-refractivity contribution is -0.127. The summed E-state index contributed by atoms with van der Waals surface area (Å²) in [5.41, 5.74) is 2.09. The van der Waals surface area contributed by atoms with Crippen LogP contribution < -0.4 is 5.32 Å². The lowest BCUT2D eigenvalue weighted by atomic mass is 9.71. The van der Waals surface area contributed by atoms with Crippen molar-refractivity contribution in [3.63, 3.8) is 0 Å². The molecule has 1 heterocycles. The highest BCUT2D eigenvalue weighted by atomic mass is 16.5. The molecule has 2 atom stereocenters. The molecule has 1 saturated carbocycles. The van der Waals surface area contributed by atoms with Gasteiger partial charge in [-0.2, -0.15) is 0 Å². The largest absolute Gasteiger partial charge is 0.383 e. The van der Waals surface area contributed by atoms with Crippen molar-refractivity contribution < 1.29 is 14.3 Å². The van der Waals surface area contributed by atoms with E-state index in [1.807, 2.05) is 66.4 Å². The molecule has 2 aliphatic rings. The predicted octanol–water partition coefficient (Wildman–Crippen LogP) is 4.06. The molecule has 0 aromatic heterocycles. The van der Waals surface area contributed by atoms with Gasteiger partial charge in [0.2, 0.25) is 5.91 Å². The molecule has 5 nitrogen and oxygen atoms in total. The molecule has 4 rings (SSSR count). The van der Waals surface area contributed by atoms with Gasteiger partial charge in [0.05, 0.1) is 24.1 Å². The first-order chi connectivity index (χ1) is 14.6. The van der Waals surface area contributed by atoms with Crippen LogP contribution >= 0.6 is 0 Å². The van der Waals surface area contributed by atoms with E-state index in [1.54, 1.807) is 7.11 Å². The second-order valence-electron chi connectivity index (χ2n) is 8.42. The highest BCUT2D eigenvalue weighted by Gasteiger charge is 2.55. The predicted molar refractivity (Wildman–Crippen MR) is 116 cm³/mol. The number of ether oxygens (including phenoxy) is 1. The standard InChI is InChI=1S/C25H30N2O3/c1-18(19-10-4-3-5-11-19)26-23(28)22-20-12-6-7-13-21(20)24(29)27(16-17-30-2)25(22)14-8-9-15-25/h3-7,10-13,18,22H,8-9,14-17H2,1-2H3,(H,26,28)/t18-,22+/m0/s1. The van der Waals surface area contributed by atoms with Crippen LogP contribution in [-0.4, -0.2) is 42.5 Å². The Morgan fingerprint density at radius 2 is 1.80 bits per heavy atom. The Morgan fingerprint density at radius 3 is 2.50 bits per heavy atom. The van der Waals surface area contributed by atoms with Crippen LogP contribution in [0.4, 0.5) is 0 Å². The van der Waals surface area contributed by atoms with Crippen molar-refractivity contribution in [2.24, 2.45) is 0 Å². The Kier molecular flexibility index (Phi) is 5.91. The van der Waals surface area contributed by atoms with Gasteiger partial charge in [0.1, 0.15) is 0 Å². The highest BCUT2D eigenvalue weighted by molar-refractivity contribution is 6.02. The van der Waals surface area contributed by atoms with Gasteiger partial charge in [-0.05, 0) is 37.0 Å². The van der Waals surface area contributed by atoms with Gasteiger partial charge in [0, 0.05) is 19.2 Å². The molecule has 5 heteroatoms. The molecule has 0 bridgehead atoms. The lowest BCUT2D eigenvalue weighted by Gasteiger charge is -2.50. The van der Waals surface area contributed by atoms with Gasteiger partial charge in [-0.1, -0.05) is 61.4 Å². The summed E-state index contributed by atoms with van der Waals surface area (Å²) in [6.45, 7) is 2.98. The third-order valence-electron chi connectivity index (χ3n) is 6.73. The van der Waals surface area contributed by atoms with Crippen LogP contribution in [-0.2, 0) is 9.53 Å². The fourth-order valence-electron chi connectivity index (χ4n) is 5.30. The maximum absolute atomic E-state index is 13.8. The van der Waals surface area contributed by atoms with Crippen molar-refractivity contribution in [1.29, 1.82) is 0 Å². The van der Waals surface area contributed by atoms with E-state index in [0.29, 0.717) is 18.7 Å². The molecule has 0 saturated heterocycles. The van der Waals surface area contributed by atoms with Gasteiger partial charge >= 0.3 is 0 Å².